The molecule has 0 spiro atoms. The average molecular weight is 436 g/mol. The van der Waals surface area contributed by atoms with Gasteiger partial charge in [0.1, 0.15) is 0 Å². The van der Waals surface area contributed by atoms with Gasteiger partial charge in [0.05, 0.1) is 6.54 Å². The van der Waals surface area contributed by atoms with Gasteiger partial charge in [-0.1, -0.05) is 34.1 Å². The summed E-state index contributed by atoms with van der Waals surface area (Å²) in [6.07, 6.45) is 0.537. The SMILES string of the molecule is CC(CCO)Nc1nc2c(c(=O)n(C)c(=O)n2C)n1Cc1ccccc1Br. The van der Waals surface area contributed by atoms with Crippen LogP contribution in [0.1, 0.15) is 18.9 Å². The van der Waals surface area contributed by atoms with Gasteiger partial charge in [-0.15, -0.1) is 0 Å². The van der Waals surface area contributed by atoms with Gasteiger partial charge in [-0.05, 0) is 25.0 Å². The van der Waals surface area contributed by atoms with E-state index < -0.39 is 11.2 Å². The zero-order valence-corrected chi connectivity index (χ0v) is 17.0. The van der Waals surface area contributed by atoms with E-state index in [0.717, 1.165) is 14.6 Å². The molecule has 3 aromatic rings. The number of rotatable bonds is 6. The summed E-state index contributed by atoms with van der Waals surface area (Å²) in [5.41, 5.74) is 0.844. The standard InChI is InChI=1S/C18H22BrN5O3/c1-11(8-9-25)20-17-21-15-14(16(26)23(3)18(27)22(15)2)24(17)10-12-6-4-5-7-13(12)19/h4-7,11,25H,8-10H2,1-3H3,(H,20,21). The number of aromatic nitrogens is 4. The first-order chi connectivity index (χ1) is 12.8. The van der Waals surface area contributed by atoms with Gasteiger partial charge in [-0.3, -0.25) is 18.5 Å². The first-order valence-electron chi connectivity index (χ1n) is 8.62. The van der Waals surface area contributed by atoms with Crippen LogP contribution in [0.3, 0.4) is 0 Å². The predicted molar refractivity (Wildman–Crippen MR) is 108 cm³/mol. The van der Waals surface area contributed by atoms with Crippen molar-refractivity contribution >= 4 is 33.0 Å². The Morgan fingerprint density at radius 3 is 2.59 bits per heavy atom. The van der Waals surface area contributed by atoms with E-state index >= 15 is 0 Å². The normalized spacial score (nSPS) is 12.5. The van der Waals surface area contributed by atoms with Gasteiger partial charge >= 0.3 is 5.69 Å². The minimum Gasteiger partial charge on any atom is -0.396 e. The van der Waals surface area contributed by atoms with Crippen molar-refractivity contribution in [1.29, 1.82) is 0 Å². The van der Waals surface area contributed by atoms with Gasteiger partial charge in [-0.2, -0.15) is 4.98 Å². The highest BCUT2D eigenvalue weighted by Gasteiger charge is 2.20. The number of benzene rings is 1. The summed E-state index contributed by atoms with van der Waals surface area (Å²) in [4.78, 5) is 29.6. The summed E-state index contributed by atoms with van der Waals surface area (Å²) < 4.78 is 5.16. The lowest BCUT2D eigenvalue weighted by Gasteiger charge is -2.16. The molecule has 0 saturated heterocycles. The number of imidazole rings is 1. The number of hydrogen-bond acceptors (Lipinski definition) is 5. The molecule has 3 rings (SSSR count). The van der Waals surface area contributed by atoms with Gasteiger partial charge in [0.2, 0.25) is 5.95 Å². The molecule has 1 unspecified atom stereocenters. The van der Waals surface area contributed by atoms with Gasteiger partial charge in [0.15, 0.2) is 11.2 Å². The van der Waals surface area contributed by atoms with Crippen LogP contribution in [-0.4, -0.2) is 36.4 Å². The van der Waals surface area contributed by atoms with Crippen LogP contribution in [0.4, 0.5) is 5.95 Å². The molecule has 2 N–H and O–H groups in total. The van der Waals surface area contributed by atoms with Crippen LogP contribution < -0.4 is 16.6 Å². The van der Waals surface area contributed by atoms with Crippen molar-refractivity contribution in [3.63, 3.8) is 0 Å². The zero-order valence-electron chi connectivity index (χ0n) is 15.4. The molecule has 0 radical (unpaired) electrons. The van der Waals surface area contributed by atoms with Crippen molar-refractivity contribution in [2.45, 2.75) is 25.9 Å². The third-order valence-corrected chi connectivity index (χ3v) is 5.35. The monoisotopic (exact) mass is 435 g/mol. The molecule has 8 nitrogen and oxygen atoms in total. The Hall–Kier alpha value is -2.39. The zero-order chi connectivity index (χ0) is 19.7. The number of aryl methyl sites for hydroxylation is 1. The summed E-state index contributed by atoms with van der Waals surface area (Å²) in [6.45, 7) is 2.37. The van der Waals surface area contributed by atoms with Gasteiger partial charge < -0.3 is 10.4 Å². The van der Waals surface area contributed by atoms with Crippen LogP contribution in [0, 0.1) is 0 Å². The second-order valence-electron chi connectivity index (χ2n) is 6.55. The van der Waals surface area contributed by atoms with Crippen LogP contribution in [0.15, 0.2) is 38.3 Å². The number of hydrogen-bond donors (Lipinski definition) is 2. The van der Waals surface area contributed by atoms with Crippen LogP contribution >= 0.6 is 15.9 Å². The molecule has 2 heterocycles. The Labute approximate surface area is 164 Å². The second-order valence-corrected chi connectivity index (χ2v) is 7.40. The maximum absolute atomic E-state index is 12.8. The smallest absolute Gasteiger partial charge is 0.332 e. The van der Waals surface area contributed by atoms with E-state index in [2.05, 4.69) is 26.2 Å². The lowest BCUT2D eigenvalue weighted by atomic mass is 10.2. The fourth-order valence-electron chi connectivity index (χ4n) is 2.99. The van der Waals surface area contributed by atoms with E-state index in [1.165, 1.54) is 11.6 Å². The molecule has 0 aliphatic heterocycles. The Kier molecular flexibility index (Phi) is 5.52. The molecule has 0 saturated carbocycles. The Balaban J connectivity index is 2.25. The number of fused-ring (bicyclic) bond motifs is 1. The highest BCUT2D eigenvalue weighted by molar-refractivity contribution is 9.10. The summed E-state index contributed by atoms with van der Waals surface area (Å²) in [5, 5.41) is 12.4. The van der Waals surface area contributed by atoms with Crippen molar-refractivity contribution in [3.05, 3.63) is 55.1 Å². The predicted octanol–water partition coefficient (Wildman–Crippen LogP) is 1.43. The van der Waals surface area contributed by atoms with Crippen LogP contribution in [-0.2, 0) is 20.6 Å². The number of nitrogens with zero attached hydrogens (tertiary/aromatic N) is 4. The van der Waals surface area contributed by atoms with E-state index in [0.29, 0.717) is 30.1 Å². The Morgan fingerprint density at radius 2 is 1.93 bits per heavy atom. The molecular formula is C18H22BrN5O3. The fourth-order valence-corrected chi connectivity index (χ4v) is 3.40. The third kappa shape index (κ3) is 3.57. The largest absolute Gasteiger partial charge is 0.396 e. The number of aliphatic hydroxyl groups is 1. The number of anilines is 1. The molecule has 27 heavy (non-hydrogen) atoms. The molecule has 2 aromatic heterocycles. The lowest BCUT2D eigenvalue weighted by molar-refractivity contribution is 0.282. The highest BCUT2D eigenvalue weighted by Crippen LogP contribution is 2.23. The van der Waals surface area contributed by atoms with E-state index in [9.17, 15) is 14.7 Å². The molecule has 0 fully saturated rings. The maximum atomic E-state index is 12.8. The van der Waals surface area contributed by atoms with Crippen LogP contribution in [0.2, 0.25) is 0 Å². The fraction of sp³-hybridized carbons (Fsp3) is 0.389. The molecule has 144 valence electrons. The third-order valence-electron chi connectivity index (χ3n) is 4.57. The van der Waals surface area contributed by atoms with E-state index in [4.69, 9.17) is 0 Å². The van der Waals surface area contributed by atoms with Crippen molar-refractivity contribution in [3.8, 4) is 0 Å². The molecule has 0 amide bonds. The maximum Gasteiger partial charge on any atom is 0.332 e. The minimum absolute atomic E-state index is 0.0406. The number of halogens is 1. The molecule has 9 heteroatoms. The summed E-state index contributed by atoms with van der Waals surface area (Å²) >= 11 is 3.54. The molecule has 0 bridgehead atoms. The van der Waals surface area contributed by atoms with Crippen molar-refractivity contribution in [2.75, 3.05) is 11.9 Å². The number of nitrogens with one attached hydrogen (secondary N) is 1. The highest BCUT2D eigenvalue weighted by atomic mass is 79.9. The average Bonchev–Trinajstić information content (AvgIpc) is 2.98. The van der Waals surface area contributed by atoms with Crippen molar-refractivity contribution < 1.29 is 5.11 Å². The topological polar surface area (TPSA) is 94.1 Å². The van der Waals surface area contributed by atoms with Crippen molar-refractivity contribution in [2.24, 2.45) is 14.1 Å². The Morgan fingerprint density at radius 1 is 1.22 bits per heavy atom. The molecule has 0 aliphatic carbocycles. The van der Waals surface area contributed by atoms with Crippen LogP contribution in [0.5, 0.6) is 0 Å². The molecule has 1 atom stereocenters. The van der Waals surface area contributed by atoms with E-state index in [1.807, 2.05) is 31.2 Å². The van der Waals surface area contributed by atoms with Crippen LogP contribution in [0.25, 0.3) is 11.2 Å². The lowest BCUT2D eigenvalue weighted by Crippen LogP contribution is -2.37. The van der Waals surface area contributed by atoms with Gasteiger partial charge in [-0.25, -0.2) is 4.79 Å². The molecule has 1 aromatic carbocycles. The second kappa shape index (κ2) is 7.69. The van der Waals surface area contributed by atoms with E-state index in [1.54, 1.807) is 11.6 Å². The number of aliphatic hydroxyl groups excluding tert-OH is 1. The minimum atomic E-state index is -0.423. The van der Waals surface area contributed by atoms with Gasteiger partial charge in [0.25, 0.3) is 5.56 Å². The summed E-state index contributed by atoms with van der Waals surface area (Å²) in [5.74, 6) is 0.486. The molecular weight excluding hydrogens is 414 g/mol. The van der Waals surface area contributed by atoms with Gasteiger partial charge in [0, 0.05) is 31.2 Å². The first kappa shape index (κ1) is 19.4. The summed E-state index contributed by atoms with van der Waals surface area (Å²) in [6, 6.07) is 7.69. The first-order valence-corrected chi connectivity index (χ1v) is 9.41. The molecule has 0 aliphatic rings. The summed E-state index contributed by atoms with van der Waals surface area (Å²) in [7, 11) is 3.06. The van der Waals surface area contributed by atoms with Crippen molar-refractivity contribution in [1.82, 2.24) is 18.7 Å². The van der Waals surface area contributed by atoms with E-state index in [-0.39, 0.29) is 12.6 Å². The Bertz CT molecular complexity index is 1100. The quantitative estimate of drug-likeness (QED) is 0.610.